The smallest absolute Gasteiger partial charge is 0.421 e. The first-order chi connectivity index (χ1) is 19.1. The fourth-order valence-corrected chi connectivity index (χ4v) is 6.09. The number of unbranched alkanes of at least 4 members (excludes halogenated alkanes) is 4. The van der Waals surface area contributed by atoms with Gasteiger partial charge in [-0.05, 0) is 39.3 Å². The van der Waals surface area contributed by atoms with Crippen LogP contribution in [0.2, 0.25) is 0 Å². The summed E-state index contributed by atoms with van der Waals surface area (Å²) < 4.78 is 63.8. The summed E-state index contributed by atoms with van der Waals surface area (Å²) in [6.45, 7) is 10.9. The van der Waals surface area contributed by atoms with Gasteiger partial charge in [0.1, 0.15) is 24.4 Å². The summed E-state index contributed by atoms with van der Waals surface area (Å²) in [5.74, 6) is -0.844. The first-order valence-electron chi connectivity index (χ1n) is 14.3. The Hall–Kier alpha value is -1.80. The zero-order valence-corrected chi connectivity index (χ0v) is 24.8. The van der Waals surface area contributed by atoms with Gasteiger partial charge >= 0.3 is 6.09 Å². The maximum absolute atomic E-state index is 13.0. The Labute approximate surface area is 237 Å². The number of aryl methyl sites for hydroxylation is 1. The fraction of sp³-hybridized carbons (Fsp3) is 0.750. The number of nitrogens with zero attached hydrogens (tertiary/aromatic N) is 1. The van der Waals surface area contributed by atoms with Gasteiger partial charge in [-0.2, -0.15) is 0 Å². The highest BCUT2D eigenvalue weighted by Crippen LogP contribution is 2.40. The molecule has 3 aliphatic heterocycles. The van der Waals surface area contributed by atoms with E-state index < -0.39 is 52.6 Å². The van der Waals surface area contributed by atoms with Crippen LogP contribution < -0.4 is 4.72 Å². The highest BCUT2D eigenvalue weighted by Gasteiger charge is 2.58. The van der Waals surface area contributed by atoms with E-state index in [2.05, 4.69) is 11.8 Å². The molecule has 1 aromatic rings. The molecule has 1 amide bonds. The molecule has 0 spiro atoms. The topological polar surface area (TPSA) is 122 Å². The van der Waals surface area contributed by atoms with Crippen LogP contribution in [0.4, 0.5) is 4.79 Å². The van der Waals surface area contributed by atoms with Gasteiger partial charge in [0.25, 0.3) is 10.0 Å². The number of amides is 1. The summed E-state index contributed by atoms with van der Waals surface area (Å²) in [5, 5.41) is 0. The number of carbonyl (C=O) groups is 1. The van der Waals surface area contributed by atoms with Crippen molar-refractivity contribution in [2.75, 3.05) is 39.5 Å². The molecule has 0 saturated carbocycles. The van der Waals surface area contributed by atoms with Gasteiger partial charge in [-0.25, -0.2) is 17.9 Å². The molecule has 12 heteroatoms. The third-order valence-corrected chi connectivity index (χ3v) is 8.63. The summed E-state index contributed by atoms with van der Waals surface area (Å²) in [4.78, 5) is 15.1. The van der Waals surface area contributed by atoms with E-state index in [0.29, 0.717) is 39.5 Å². The second-order valence-electron chi connectivity index (χ2n) is 11.1. The summed E-state index contributed by atoms with van der Waals surface area (Å²) in [7, 11) is -4.13. The van der Waals surface area contributed by atoms with Crippen molar-refractivity contribution < 1.29 is 41.6 Å². The molecule has 3 aliphatic rings. The first-order valence-corrected chi connectivity index (χ1v) is 15.8. The van der Waals surface area contributed by atoms with Gasteiger partial charge in [0, 0.05) is 26.2 Å². The number of nitrogens with one attached hydrogen (secondary N) is 1. The maximum Gasteiger partial charge on any atom is 0.421 e. The Kier molecular flexibility index (Phi) is 10.8. The van der Waals surface area contributed by atoms with Gasteiger partial charge in [0.2, 0.25) is 0 Å². The van der Waals surface area contributed by atoms with Crippen molar-refractivity contribution in [1.29, 1.82) is 0 Å². The molecule has 0 radical (unpaired) electrons. The van der Waals surface area contributed by atoms with Crippen LogP contribution in [0.25, 0.3) is 0 Å². The van der Waals surface area contributed by atoms with E-state index in [1.807, 2.05) is 25.5 Å². The van der Waals surface area contributed by atoms with Crippen LogP contribution in [0.3, 0.4) is 0 Å². The molecule has 3 saturated heterocycles. The molecule has 4 rings (SSSR count). The van der Waals surface area contributed by atoms with E-state index in [1.165, 1.54) is 18.6 Å². The van der Waals surface area contributed by atoms with E-state index in [1.54, 1.807) is 12.1 Å². The Bertz CT molecular complexity index is 1060. The molecule has 5 atom stereocenters. The summed E-state index contributed by atoms with van der Waals surface area (Å²) >= 11 is 0. The van der Waals surface area contributed by atoms with Crippen LogP contribution >= 0.6 is 0 Å². The number of rotatable bonds is 13. The van der Waals surface area contributed by atoms with Crippen LogP contribution in [0.5, 0.6) is 0 Å². The number of fused-ring (bicyclic) bond motifs is 1. The number of benzene rings is 1. The number of hydrogen-bond donors (Lipinski definition) is 1. The monoisotopic (exact) mass is 584 g/mol. The number of ether oxygens (including phenoxy) is 6. The number of hydrogen-bond acceptors (Lipinski definition) is 10. The largest absolute Gasteiger partial charge is 0.441 e. The van der Waals surface area contributed by atoms with Crippen LogP contribution in [0.15, 0.2) is 29.2 Å². The average Bonchev–Trinajstić information content (AvgIpc) is 3.38. The minimum absolute atomic E-state index is 0.0280. The van der Waals surface area contributed by atoms with Crippen molar-refractivity contribution in [3.05, 3.63) is 29.8 Å². The van der Waals surface area contributed by atoms with E-state index in [0.717, 1.165) is 31.2 Å². The summed E-state index contributed by atoms with van der Waals surface area (Å²) in [6, 6.07) is 6.21. The first kappa shape index (κ1) is 31.1. The minimum atomic E-state index is -4.13. The van der Waals surface area contributed by atoms with Crippen LogP contribution in [-0.4, -0.2) is 95.4 Å². The number of carbonyl (C=O) groups excluding carboxylic acids is 1. The predicted molar refractivity (Wildman–Crippen MR) is 146 cm³/mol. The molecular formula is C28H44N2O9S. The van der Waals surface area contributed by atoms with Crippen molar-refractivity contribution in [1.82, 2.24) is 9.62 Å². The van der Waals surface area contributed by atoms with Crippen LogP contribution in [0, 0.1) is 6.92 Å². The lowest BCUT2D eigenvalue weighted by Crippen LogP contribution is -2.52. The Morgan fingerprint density at radius 2 is 1.80 bits per heavy atom. The zero-order valence-electron chi connectivity index (χ0n) is 24.0. The van der Waals surface area contributed by atoms with Gasteiger partial charge in [0.15, 0.2) is 12.1 Å². The lowest BCUT2D eigenvalue weighted by molar-refractivity contribution is -0.230. The van der Waals surface area contributed by atoms with Crippen molar-refractivity contribution in [3.63, 3.8) is 0 Å². The molecular weight excluding hydrogens is 540 g/mol. The summed E-state index contributed by atoms with van der Waals surface area (Å²) in [5.41, 5.74) is 0.903. The zero-order chi connectivity index (χ0) is 28.8. The average molecular weight is 585 g/mol. The Morgan fingerprint density at radius 1 is 1.10 bits per heavy atom. The second kappa shape index (κ2) is 13.9. The van der Waals surface area contributed by atoms with Crippen molar-refractivity contribution >= 4 is 16.1 Å². The van der Waals surface area contributed by atoms with E-state index in [9.17, 15) is 13.2 Å². The molecule has 1 N–H and O–H groups in total. The van der Waals surface area contributed by atoms with Gasteiger partial charge in [-0.1, -0.05) is 50.3 Å². The molecule has 0 aromatic heterocycles. The molecule has 3 heterocycles. The molecule has 40 heavy (non-hydrogen) atoms. The van der Waals surface area contributed by atoms with Crippen molar-refractivity contribution in [3.8, 4) is 0 Å². The fourth-order valence-electron chi connectivity index (χ4n) is 5.21. The van der Waals surface area contributed by atoms with Crippen molar-refractivity contribution in [2.45, 2.75) is 101 Å². The highest BCUT2D eigenvalue weighted by atomic mass is 32.2. The van der Waals surface area contributed by atoms with Gasteiger partial charge in [-0.3, -0.25) is 4.90 Å². The minimum Gasteiger partial charge on any atom is -0.441 e. The third-order valence-electron chi connectivity index (χ3n) is 7.30. The van der Waals surface area contributed by atoms with Crippen LogP contribution in [-0.2, 0) is 38.4 Å². The van der Waals surface area contributed by atoms with E-state index in [4.69, 9.17) is 28.4 Å². The predicted octanol–water partition coefficient (Wildman–Crippen LogP) is 3.34. The molecule has 0 aliphatic carbocycles. The van der Waals surface area contributed by atoms with E-state index >= 15 is 0 Å². The lowest BCUT2D eigenvalue weighted by Gasteiger charge is -2.35. The molecule has 3 fully saturated rings. The normalized spacial score (nSPS) is 27.3. The van der Waals surface area contributed by atoms with Crippen LogP contribution in [0.1, 0.15) is 58.4 Å². The standard InChI is InChI=1S/C28H44N2O9S/c1-5-6-7-8-9-16-35-24-23(37-26-25(24)38-28(3,4)39-26)22(19-30-14-17-34-18-15-30)36-27(31)29-40(32,33)21-12-10-20(2)11-13-21/h10-13,22-26H,5-9,14-19H2,1-4H3,(H,29,31)/t22-,23-,24-,25-,26-/m1/s1. The summed E-state index contributed by atoms with van der Waals surface area (Å²) in [6.07, 6.45) is 0.991. The number of morpholine rings is 1. The molecule has 0 unspecified atom stereocenters. The van der Waals surface area contributed by atoms with Gasteiger partial charge in [0.05, 0.1) is 18.1 Å². The molecule has 1 aromatic carbocycles. The Balaban J connectivity index is 1.49. The number of sulfonamides is 1. The maximum atomic E-state index is 13.0. The molecule has 11 nitrogen and oxygen atoms in total. The van der Waals surface area contributed by atoms with Gasteiger partial charge < -0.3 is 28.4 Å². The quantitative estimate of drug-likeness (QED) is 0.346. The van der Waals surface area contributed by atoms with Gasteiger partial charge in [-0.15, -0.1) is 0 Å². The SMILES string of the molecule is CCCCCCCO[C@H]1[C@H]2OC(C)(C)O[C@H]2O[C@@H]1[C@@H](CN1CCOCC1)OC(=O)NS(=O)(=O)c1ccc(C)cc1. The van der Waals surface area contributed by atoms with E-state index in [-0.39, 0.29) is 4.90 Å². The highest BCUT2D eigenvalue weighted by molar-refractivity contribution is 7.90. The van der Waals surface area contributed by atoms with Crippen molar-refractivity contribution in [2.24, 2.45) is 0 Å². The second-order valence-corrected chi connectivity index (χ2v) is 12.8. The third kappa shape index (κ3) is 8.37. The Morgan fingerprint density at radius 3 is 2.50 bits per heavy atom. The molecule has 226 valence electrons. The molecule has 0 bridgehead atoms. The lowest BCUT2D eigenvalue weighted by atomic mass is 10.0.